The van der Waals surface area contributed by atoms with Crippen LogP contribution >= 0.6 is 0 Å². The maximum atomic E-state index is 11.5. The number of ether oxygens (including phenoxy) is 1. The molecule has 0 bridgehead atoms. The second-order valence-corrected chi connectivity index (χ2v) is 4.04. The summed E-state index contributed by atoms with van der Waals surface area (Å²) in [5, 5.41) is 3.02. The van der Waals surface area contributed by atoms with E-state index < -0.39 is 0 Å². The van der Waals surface area contributed by atoms with Gasteiger partial charge in [0.05, 0.1) is 13.2 Å². The minimum absolute atomic E-state index is 0.0887. The first-order valence-electron chi connectivity index (χ1n) is 5.34. The van der Waals surface area contributed by atoms with Crippen LogP contribution in [-0.2, 0) is 4.79 Å². The van der Waals surface area contributed by atoms with Gasteiger partial charge in [0.15, 0.2) is 5.78 Å². The van der Waals surface area contributed by atoms with E-state index in [2.05, 4.69) is 11.4 Å². The van der Waals surface area contributed by atoms with Crippen molar-refractivity contribution in [3.05, 3.63) is 28.8 Å². The van der Waals surface area contributed by atoms with E-state index in [1.54, 1.807) is 21.1 Å². The lowest BCUT2D eigenvalue weighted by atomic mass is 9.97. The molecule has 1 atom stereocenters. The molecule has 1 N–H and O–H groups in total. The molecular formula is C13H19NO2. The number of ketones is 1. The van der Waals surface area contributed by atoms with E-state index in [1.165, 1.54) is 0 Å². The van der Waals surface area contributed by atoms with Gasteiger partial charge < -0.3 is 10.1 Å². The number of Topliss-reactive ketones (excluding diaryl/α,β-unsaturated/α-hetero) is 1. The molecule has 0 aliphatic heterocycles. The largest absolute Gasteiger partial charge is 0.496 e. The predicted octanol–water partition coefficient (Wildman–Crippen LogP) is 2.16. The van der Waals surface area contributed by atoms with E-state index in [0.29, 0.717) is 0 Å². The average Bonchev–Trinajstić information content (AvgIpc) is 2.17. The molecular weight excluding hydrogens is 202 g/mol. The standard InChI is InChI=1S/C13H19NO2/c1-8-6-9(2)13(16-5)11(7-8)12(14-4)10(3)15/h6-7,12,14H,1-5H3. The van der Waals surface area contributed by atoms with Crippen molar-refractivity contribution in [3.63, 3.8) is 0 Å². The molecule has 88 valence electrons. The minimum atomic E-state index is -0.298. The number of aryl methyl sites for hydroxylation is 2. The number of hydrogen-bond acceptors (Lipinski definition) is 3. The average molecular weight is 221 g/mol. The van der Waals surface area contributed by atoms with Crippen LogP contribution in [0.25, 0.3) is 0 Å². The third-order valence-corrected chi connectivity index (χ3v) is 2.66. The number of hydrogen-bond donors (Lipinski definition) is 1. The van der Waals surface area contributed by atoms with E-state index >= 15 is 0 Å². The van der Waals surface area contributed by atoms with Gasteiger partial charge in [0.2, 0.25) is 0 Å². The number of carbonyl (C=O) groups is 1. The Morgan fingerprint density at radius 1 is 1.38 bits per heavy atom. The quantitative estimate of drug-likeness (QED) is 0.846. The number of benzene rings is 1. The van der Waals surface area contributed by atoms with Crippen LogP contribution in [0.15, 0.2) is 12.1 Å². The molecule has 0 aliphatic rings. The summed E-state index contributed by atoms with van der Waals surface area (Å²) in [6, 6.07) is 3.75. The van der Waals surface area contributed by atoms with Crippen LogP contribution in [-0.4, -0.2) is 19.9 Å². The van der Waals surface area contributed by atoms with Crippen molar-refractivity contribution < 1.29 is 9.53 Å². The highest BCUT2D eigenvalue weighted by Gasteiger charge is 2.20. The van der Waals surface area contributed by atoms with Gasteiger partial charge in [-0.1, -0.05) is 17.7 Å². The van der Waals surface area contributed by atoms with Crippen molar-refractivity contribution in [2.24, 2.45) is 0 Å². The van der Waals surface area contributed by atoms with Gasteiger partial charge in [0.1, 0.15) is 5.75 Å². The zero-order chi connectivity index (χ0) is 12.3. The van der Waals surface area contributed by atoms with Gasteiger partial charge in [-0.15, -0.1) is 0 Å². The molecule has 0 fully saturated rings. The monoisotopic (exact) mass is 221 g/mol. The van der Waals surface area contributed by atoms with Crippen LogP contribution in [0, 0.1) is 13.8 Å². The first-order valence-corrected chi connectivity index (χ1v) is 5.34. The number of rotatable bonds is 4. The molecule has 1 rings (SSSR count). The van der Waals surface area contributed by atoms with Gasteiger partial charge in [-0.05, 0) is 33.4 Å². The fourth-order valence-electron chi connectivity index (χ4n) is 2.06. The Bertz CT molecular complexity index is 399. The van der Waals surface area contributed by atoms with Crippen LogP contribution in [0.5, 0.6) is 5.75 Å². The minimum Gasteiger partial charge on any atom is -0.496 e. The molecule has 0 saturated heterocycles. The lowest BCUT2D eigenvalue weighted by Crippen LogP contribution is -2.24. The third kappa shape index (κ3) is 2.42. The van der Waals surface area contributed by atoms with Gasteiger partial charge in [0.25, 0.3) is 0 Å². The highest BCUT2D eigenvalue weighted by Crippen LogP contribution is 2.30. The van der Waals surface area contributed by atoms with Crippen molar-refractivity contribution in [2.75, 3.05) is 14.2 Å². The van der Waals surface area contributed by atoms with Crippen molar-refractivity contribution in [3.8, 4) is 5.75 Å². The van der Waals surface area contributed by atoms with Gasteiger partial charge >= 0.3 is 0 Å². The summed E-state index contributed by atoms with van der Waals surface area (Å²) in [4.78, 5) is 11.5. The van der Waals surface area contributed by atoms with Gasteiger partial charge in [-0.3, -0.25) is 4.79 Å². The highest BCUT2D eigenvalue weighted by atomic mass is 16.5. The molecule has 0 radical (unpaired) electrons. The first kappa shape index (κ1) is 12.7. The van der Waals surface area contributed by atoms with E-state index in [0.717, 1.165) is 22.4 Å². The Morgan fingerprint density at radius 3 is 2.44 bits per heavy atom. The van der Waals surface area contributed by atoms with Gasteiger partial charge in [0, 0.05) is 5.56 Å². The Labute approximate surface area is 96.8 Å². The predicted molar refractivity (Wildman–Crippen MR) is 64.9 cm³/mol. The molecule has 1 aromatic rings. The van der Waals surface area contributed by atoms with Crippen LogP contribution < -0.4 is 10.1 Å². The number of likely N-dealkylation sites (N-methyl/N-ethyl adjacent to an activating group) is 1. The van der Waals surface area contributed by atoms with Crippen LogP contribution in [0.4, 0.5) is 0 Å². The molecule has 0 aliphatic carbocycles. The summed E-state index contributed by atoms with van der Waals surface area (Å²) in [6.45, 7) is 5.59. The summed E-state index contributed by atoms with van der Waals surface area (Å²) in [5.41, 5.74) is 3.10. The van der Waals surface area contributed by atoms with Crippen LogP contribution in [0.2, 0.25) is 0 Å². The van der Waals surface area contributed by atoms with Crippen molar-refractivity contribution >= 4 is 5.78 Å². The molecule has 0 amide bonds. The summed E-state index contributed by atoms with van der Waals surface area (Å²) in [5.74, 6) is 0.881. The van der Waals surface area contributed by atoms with Crippen molar-refractivity contribution in [1.29, 1.82) is 0 Å². The van der Waals surface area contributed by atoms with Gasteiger partial charge in [-0.2, -0.15) is 0 Å². The Balaban J connectivity index is 3.34. The summed E-state index contributed by atoms with van der Waals surface area (Å²) >= 11 is 0. The highest BCUT2D eigenvalue weighted by molar-refractivity contribution is 5.84. The lowest BCUT2D eigenvalue weighted by Gasteiger charge is -2.19. The normalized spacial score (nSPS) is 12.3. The second kappa shape index (κ2) is 5.12. The van der Waals surface area contributed by atoms with Crippen molar-refractivity contribution in [1.82, 2.24) is 5.32 Å². The maximum absolute atomic E-state index is 11.5. The first-order chi connectivity index (χ1) is 7.51. The summed E-state index contributed by atoms with van der Waals surface area (Å²) < 4.78 is 5.37. The zero-order valence-electron chi connectivity index (χ0n) is 10.5. The Hall–Kier alpha value is -1.35. The maximum Gasteiger partial charge on any atom is 0.151 e. The Morgan fingerprint density at radius 2 is 2.00 bits per heavy atom. The van der Waals surface area contributed by atoms with Gasteiger partial charge in [-0.25, -0.2) is 0 Å². The fourth-order valence-corrected chi connectivity index (χ4v) is 2.06. The molecule has 1 aromatic carbocycles. The Kier molecular flexibility index (Phi) is 4.07. The smallest absolute Gasteiger partial charge is 0.151 e. The van der Waals surface area contributed by atoms with E-state index in [9.17, 15) is 4.79 Å². The third-order valence-electron chi connectivity index (χ3n) is 2.66. The second-order valence-electron chi connectivity index (χ2n) is 4.04. The number of methoxy groups -OCH3 is 1. The van der Waals surface area contributed by atoms with Crippen LogP contribution in [0.1, 0.15) is 29.7 Å². The SMILES string of the molecule is CNC(C(C)=O)c1cc(C)cc(C)c1OC. The van der Waals surface area contributed by atoms with E-state index in [1.807, 2.05) is 19.9 Å². The van der Waals surface area contributed by atoms with E-state index in [-0.39, 0.29) is 11.8 Å². The topological polar surface area (TPSA) is 38.3 Å². The summed E-state index contributed by atoms with van der Waals surface area (Å²) in [7, 11) is 3.41. The van der Waals surface area contributed by atoms with Crippen LogP contribution in [0.3, 0.4) is 0 Å². The van der Waals surface area contributed by atoms with E-state index in [4.69, 9.17) is 4.74 Å². The molecule has 1 unspecified atom stereocenters. The molecule has 0 spiro atoms. The molecule has 0 saturated carbocycles. The molecule has 3 nitrogen and oxygen atoms in total. The lowest BCUT2D eigenvalue weighted by molar-refractivity contribution is -0.119. The number of nitrogens with one attached hydrogen (secondary N) is 1. The zero-order valence-corrected chi connectivity index (χ0v) is 10.5. The molecule has 0 heterocycles. The summed E-state index contributed by atoms with van der Waals surface area (Å²) in [6.07, 6.45) is 0. The van der Waals surface area contributed by atoms with Crippen molar-refractivity contribution in [2.45, 2.75) is 26.8 Å². The molecule has 0 aromatic heterocycles. The fraction of sp³-hybridized carbons (Fsp3) is 0.462. The number of carbonyl (C=O) groups excluding carboxylic acids is 1. The molecule has 3 heteroatoms. The molecule has 16 heavy (non-hydrogen) atoms.